The van der Waals surface area contributed by atoms with E-state index in [-0.39, 0.29) is 29.7 Å². The summed E-state index contributed by atoms with van der Waals surface area (Å²) in [6, 6.07) is 18.7. The van der Waals surface area contributed by atoms with Crippen molar-refractivity contribution < 1.29 is 33.0 Å². The Morgan fingerprint density at radius 2 is 1.36 bits per heavy atom. The summed E-state index contributed by atoms with van der Waals surface area (Å²) in [6.07, 6.45) is -2.55. The van der Waals surface area contributed by atoms with Crippen molar-refractivity contribution in [3.05, 3.63) is 106 Å². The van der Waals surface area contributed by atoms with E-state index in [1.54, 1.807) is 18.2 Å². The Hall–Kier alpha value is -3.39. The van der Waals surface area contributed by atoms with E-state index in [1.165, 1.54) is 60.7 Å². The normalized spacial score (nSPS) is 21.4. The third-order valence-electron chi connectivity index (χ3n) is 5.91. The first-order valence-electron chi connectivity index (χ1n) is 10.9. The van der Waals surface area contributed by atoms with Crippen LogP contribution < -0.4 is 0 Å². The highest BCUT2D eigenvalue weighted by Crippen LogP contribution is 2.38. The van der Waals surface area contributed by atoms with Crippen molar-refractivity contribution in [3.63, 3.8) is 0 Å². The van der Waals surface area contributed by atoms with E-state index < -0.39 is 41.2 Å². The minimum atomic E-state index is -2.89. The van der Waals surface area contributed by atoms with Crippen LogP contribution in [-0.4, -0.2) is 41.9 Å². The van der Waals surface area contributed by atoms with Crippen LogP contribution in [0.15, 0.2) is 78.9 Å². The molecule has 1 aliphatic heterocycles. The first kappa shape index (κ1) is 25.7. The Morgan fingerprint density at radius 1 is 0.806 bits per heavy atom. The van der Waals surface area contributed by atoms with Crippen LogP contribution in [0.25, 0.3) is 0 Å². The standard InChI is InChI=1S/C27H19Cl2FO6/c28-19-10-6-16(7-11-19)22(31)21-14-15-35-27(23(21)30,24(32)17-8-12-20(29)13-9-17)26(34)36-25(33)18-4-2-1-3-5-18/h1-13,21,23H,14-15H2. The molecule has 36 heavy (non-hydrogen) atoms. The van der Waals surface area contributed by atoms with Gasteiger partial charge in [-0.1, -0.05) is 41.4 Å². The molecule has 1 aliphatic rings. The van der Waals surface area contributed by atoms with Gasteiger partial charge in [-0.3, -0.25) is 9.59 Å². The molecule has 3 atom stereocenters. The molecule has 0 radical (unpaired) electrons. The molecule has 0 aromatic heterocycles. The van der Waals surface area contributed by atoms with Gasteiger partial charge in [-0.05, 0) is 67.1 Å². The monoisotopic (exact) mass is 528 g/mol. The summed E-state index contributed by atoms with van der Waals surface area (Å²) in [6.45, 7) is -0.307. The third-order valence-corrected chi connectivity index (χ3v) is 6.41. The number of halogens is 3. The van der Waals surface area contributed by atoms with E-state index in [1.807, 2.05) is 0 Å². The lowest BCUT2D eigenvalue weighted by Gasteiger charge is -2.39. The molecule has 0 aliphatic carbocycles. The average molecular weight is 529 g/mol. The molecule has 6 nitrogen and oxygen atoms in total. The second kappa shape index (κ2) is 10.7. The molecule has 4 rings (SSSR count). The van der Waals surface area contributed by atoms with Gasteiger partial charge in [-0.2, -0.15) is 0 Å². The van der Waals surface area contributed by atoms with Crippen LogP contribution in [-0.2, 0) is 14.3 Å². The predicted octanol–water partition coefficient (Wildman–Crippen LogP) is 5.56. The molecule has 184 valence electrons. The Labute approximate surface area is 215 Å². The van der Waals surface area contributed by atoms with Crippen LogP contribution in [0.5, 0.6) is 0 Å². The molecule has 3 aromatic rings. The summed E-state index contributed by atoms with van der Waals surface area (Å²) >= 11 is 11.8. The lowest BCUT2D eigenvalue weighted by molar-refractivity contribution is -0.177. The highest BCUT2D eigenvalue weighted by molar-refractivity contribution is 6.31. The lowest BCUT2D eigenvalue weighted by Crippen LogP contribution is -2.63. The second-order valence-corrected chi connectivity index (χ2v) is 9.00. The number of carbonyl (C=O) groups is 4. The number of hydrogen-bond donors (Lipinski definition) is 0. The van der Waals surface area contributed by atoms with Crippen LogP contribution in [0.4, 0.5) is 4.39 Å². The van der Waals surface area contributed by atoms with Crippen molar-refractivity contribution in [1.29, 1.82) is 0 Å². The fourth-order valence-corrected chi connectivity index (χ4v) is 4.26. The van der Waals surface area contributed by atoms with Crippen LogP contribution in [0, 0.1) is 5.92 Å². The molecule has 9 heteroatoms. The number of ether oxygens (including phenoxy) is 2. The third kappa shape index (κ3) is 4.95. The van der Waals surface area contributed by atoms with E-state index >= 15 is 4.39 Å². The largest absolute Gasteiger partial charge is 0.387 e. The number of rotatable bonds is 6. The first-order chi connectivity index (χ1) is 17.2. The van der Waals surface area contributed by atoms with Crippen LogP contribution in [0.3, 0.4) is 0 Å². The molecule has 0 N–H and O–H groups in total. The van der Waals surface area contributed by atoms with Crippen LogP contribution in [0.1, 0.15) is 37.5 Å². The van der Waals surface area contributed by atoms with E-state index in [2.05, 4.69) is 0 Å². The molecule has 0 saturated carbocycles. The predicted molar refractivity (Wildman–Crippen MR) is 130 cm³/mol. The Kier molecular flexibility index (Phi) is 7.64. The second-order valence-electron chi connectivity index (χ2n) is 8.13. The maximum atomic E-state index is 16.3. The molecule has 1 saturated heterocycles. The molecule has 0 bridgehead atoms. The van der Waals surface area contributed by atoms with E-state index in [0.717, 1.165) is 0 Å². The molecule has 0 spiro atoms. The van der Waals surface area contributed by atoms with Gasteiger partial charge in [0.2, 0.25) is 5.78 Å². The van der Waals surface area contributed by atoms with Gasteiger partial charge < -0.3 is 9.47 Å². The number of Topliss-reactive ketones (excluding diaryl/α,β-unsaturated/α-hetero) is 2. The quantitative estimate of drug-likeness (QED) is 0.236. The van der Waals surface area contributed by atoms with Crippen molar-refractivity contribution in [3.8, 4) is 0 Å². The Bertz CT molecular complexity index is 1290. The molecule has 0 amide bonds. The van der Waals surface area contributed by atoms with E-state index in [4.69, 9.17) is 32.7 Å². The van der Waals surface area contributed by atoms with Gasteiger partial charge in [0, 0.05) is 27.8 Å². The molecule has 3 aromatic carbocycles. The number of hydrogen-bond acceptors (Lipinski definition) is 6. The Morgan fingerprint density at radius 3 is 1.94 bits per heavy atom. The number of carbonyl (C=O) groups excluding carboxylic acids is 4. The number of alkyl halides is 1. The fourth-order valence-electron chi connectivity index (χ4n) is 4.01. The van der Waals surface area contributed by atoms with Crippen molar-refractivity contribution in [2.24, 2.45) is 5.92 Å². The SMILES string of the molecule is O=C(OC(=O)C1(C(=O)c2ccc(Cl)cc2)OCCC(C(=O)c2ccc(Cl)cc2)C1F)c1ccccc1. The average Bonchev–Trinajstić information content (AvgIpc) is 2.89. The molecule has 3 unspecified atom stereocenters. The summed E-state index contributed by atoms with van der Waals surface area (Å²) in [4.78, 5) is 52.7. The number of ketones is 2. The van der Waals surface area contributed by atoms with Gasteiger partial charge in [0.25, 0.3) is 5.60 Å². The summed E-state index contributed by atoms with van der Waals surface area (Å²) in [7, 11) is 0. The summed E-state index contributed by atoms with van der Waals surface area (Å²) in [5, 5.41) is 0.685. The highest BCUT2D eigenvalue weighted by Gasteiger charge is 2.62. The van der Waals surface area contributed by atoms with Crippen LogP contribution >= 0.6 is 23.2 Å². The van der Waals surface area contributed by atoms with Gasteiger partial charge in [0.15, 0.2) is 12.0 Å². The molecular formula is C27H19Cl2FO6. The summed E-state index contributed by atoms with van der Waals surface area (Å²) < 4.78 is 26.7. The van der Waals surface area contributed by atoms with Crippen LogP contribution in [0.2, 0.25) is 10.0 Å². The summed E-state index contributed by atoms with van der Waals surface area (Å²) in [5.74, 6) is -5.79. The lowest BCUT2D eigenvalue weighted by atomic mass is 9.76. The first-order valence-corrected chi connectivity index (χ1v) is 11.7. The van der Waals surface area contributed by atoms with Crippen molar-refractivity contribution >= 4 is 46.7 Å². The fraction of sp³-hybridized carbons (Fsp3) is 0.185. The van der Waals surface area contributed by atoms with E-state index in [0.29, 0.717) is 10.0 Å². The zero-order valence-electron chi connectivity index (χ0n) is 18.7. The van der Waals surface area contributed by atoms with Crippen molar-refractivity contribution in [1.82, 2.24) is 0 Å². The van der Waals surface area contributed by atoms with E-state index in [9.17, 15) is 19.2 Å². The minimum Gasteiger partial charge on any atom is -0.387 e. The summed E-state index contributed by atoms with van der Waals surface area (Å²) in [5.41, 5.74) is -2.83. The zero-order valence-corrected chi connectivity index (χ0v) is 20.2. The maximum absolute atomic E-state index is 16.3. The maximum Gasteiger partial charge on any atom is 0.357 e. The molecule has 1 fully saturated rings. The van der Waals surface area contributed by atoms with Gasteiger partial charge in [0.05, 0.1) is 11.5 Å². The minimum absolute atomic E-state index is 0.0138. The number of benzene rings is 3. The topological polar surface area (TPSA) is 86.7 Å². The van der Waals surface area contributed by atoms with Gasteiger partial charge in [0.1, 0.15) is 0 Å². The molecule has 1 heterocycles. The Balaban J connectivity index is 1.73. The van der Waals surface area contributed by atoms with Crippen molar-refractivity contribution in [2.75, 3.05) is 6.61 Å². The number of esters is 2. The molecular weight excluding hydrogens is 510 g/mol. The van der Waals surface area contributed by atoms with Gasteiger partial charge >= 0.3 is 11.9 Å². The van der Waals surface area contributed by atoms with Gasteiger partial charge in [-0.15, -0.1) is 0 Å². The zero-order chi connectivity index (χ0) is 25.9. The smallest absolute Gasteiger partial charge is 0.357 e. The van der Waals surface area contributed by atoms with Gasteiger partial charge in [-0.25, -0.2) is 14.0 Å². The van der Waals surface area contributed by atoms with Crippen molar-refractivity contribution in [2.45, 2.75) is 18.2 Å². The highest BCUT2D eigenvalue weighted by atomic mass is 35.5.